The molecule has 0 aromatic heterocycles. The van der Waals surface area contributed by atoms with Crippen molar-refractivity contribution in [2.45, 2.75) is 18.3 Å². The fraction of sp³-hybridized carbons (Fsp3) is 0.135. The van der Waals surface area contributed by atoms with Crippen molar-refractivity contribution in [1.82, 2.24) is 0 Å². The molecular weight excluding hydrogens is 476 g/mol. The van der Waals surface area contributed by atoms with E-state index in [2.05, 4.69) is 121 Å². The van der Waals surface area contributed by atoms with Crippen molar-refractivity contribution in [2.75, 3.05) is 14.2 Å². The van der Waals surface area contributed by atoms with E-state index >= 15 is 0 Å². The van der Waals surface area contributed by atoms with E-state index in [0.29, 0.717) is 0 Å². The van der Waals surface area contributed by atoms with Crippen molar-refractivity contribution < 1.29 is 9.47 Å². The highest BCUT2D eigenvalue weighted by Crippen LogP contribution is 2.51. The van der Waals surface area contributed by atoms with Gasteiger partial charge in [-0.25, -0.2) is 0 Å². The number of hydrogen-bond acceptors (Lipinski definition) is 2. The van der Waals surface area contributed by atoms with Crippen LogP contribution < -0.4 is 9.47 Å². The second kappa shape index (κ2) is 9.32. The molecule has 0 saturated carbocycles. The Kier molecular flexibility index (Phi) is 5.63. The number of benzene rings is 6. The molecule has 0 heterocycles. The Labute approximate surface area is 229 Å². The van der Waals surface area contributed by atoms with Gasteiger partial charge in [-0.3, -0.25) is 0 Å². The van der Waals surface area contributed by atoms with Gasteiger partial charge in [0.15, 0.2) is 0 Å². The van der Waals surface area contributed by atoms with Crippen molar-refractivity contribution in [3.8, 4) is 11.5 Å². The first kappa shape index (κ1) is 23.5. The van der Waals surface area contributed by atoms with Crippen LogP contribution in [0.15, 0.2) is 121 Å². The van der Waals surface area contributed by atoms with Gasteiger partial charge in [0.2, 0.25) is 0 Å². The summed E-state index contributed by atoms with van der Waals surface area (Å²) in [6, 6.07) is 44.0. The first-order chi connectivity index (χ1) is 19.3. The minimum Gasteiger partial charge on any atom is -0.497 e. The third-order valence-electron chi connectivity index (χ3n) is 8.55. The average Bonchev–Trinajstić information content (AvgIpc) is 3.03. The van der Waals surface area contributed by atoms with Gasteiger partial charge in [-0.15, -0.1) is 0 Å². The van der Waals surface area contributed by atoms with Gasteiger partial charge in [-0.2, -0.15) is 0 Å². The quantitative estimate of drug-likeness (QED) is 0.167. The lowest BCUT2D eigenvalue weighted by Gasteiger charge is -2.39. The summed E-state index contributed by atoms with van der Waals surface area (Å²) >= 11 is 0. The smallest absolute Gasteiger partial charge is 0.118 e. The summed E-state index contributed by atoms with van der Waals surface area (Å²) in [7, 11) is 3.44. The zero-order chi connectivity index (χ0) is 26.4. The van der Waals surface area contributed by atoms with Gasteiger partial charge in [-0.1, -0.05) is 97.1 Å². The number of fused-ring (bicyclic) bond motifs is 1. The van der Waals surface area contributed by atoms with E-state index < -0.39 is 5.41 Å². The van der Waals surface area contributed by atoms with Crippen LogP contribution in [0, 0.1) is 0 Å². The Morgan fingerprint density at radius 2 is 0.949 bits per heavy atom. The minimum atomic E-state index is -0.550. The molecule has 8 rings (SSSR count). The summed E-state index contributed by atoms with van der Waals surface area (Å²) in [5.41, 5.74) is 7.31. The summed E-state index contributed by atoms with van der Waals surface area (Å²) in [5.74, 6) is 1.70. The maximum atomic E-state index is 5.58. The Balaban J connectivity index is 1.67. The molecule has 0 aliphatic heterocycles. The van der Waals surface area contributed by atoms with Crippen LogP contribution in [0.4, 0.5) is 0 Å². The minimum absolute atomic E-state index is 0.550. The number of methoxy groups -OCH3 is 2. The molecule has 39 heavy (non-hydrogen) atoms. The molecule has 190 valence electrons. The van der Waals surface area contributed by atoms with E-state index in [-0.39, 0.29) is 0 Å². The third-order valence-corrected chi connectivity index (χ3v) is 8.55. The number of ether oxygens (including phenoxy) is 2. The molecule has 0 radical (unpaired) electrons. The van der Waals surface area contributed by atoms with Crippen molar-refractivity contribution in [1.29, 1.82) is 0 Å². The lowest BCUT2D eigenvalue weighted by molar-refractivity contribution is 0.414. The Morgan fingerprint density at radius 3 is 1.54 bits per heavy atom. The summed E-state index contributed by atoms with van der Waals surface area (Å²) in [4.78, 5) is 0. The van der Waals surface area contributed by atoms with Crippen LogP contribution in [-0.4, -0.2) is 14.2 Å². The van der Waals surface area contributed by atoms with Crippen LogP contribution in [0.5, 0.6) is 11.5 Å². The van der Waals surface area contributed by atoms with E-state index in [9.17, 15) is 0 Å². The molecular formula is C37H30O2. The molecule has 6 aromatic carbocycles. The highest BCUT2D eigenvalue weighted by Gasteiger charge is 2.41. The topological polar surface area (TPSA) is 18.5 Å². The number of rotatable bonds is 6. The van der Waals surface area contributed by atoms with Gasteiger partial charge < -0.3 is 9.47 Å². The van der Waals surface area contributed by atoms with Crippen molar-refractivity contribution in [3.05, 3.63) is 155 Å². The number of aryl methyl sites for hydroxylation is 2. The van der Waals surface area contributed by atoms with Crippen LogP contribution in [0.1, 0.15) is 33.4 Å². The molecule has 0 atom stereocenters. The summed E-state index contributed by atoms with van der Waals surface area (Å²) in [5, 5.41) is 5.52. The molecule has 0 unspecified atom stereocenters. The van der Waals surface area contributed by atoms with E-state index in [0.717, 1.165) is 24.3 Å². The maximum Gasteiger partial charge on any atom is 0.118 e. The van der Waals surface area contributed by atoms with E-state index in [4.69, 9.17) is 9.47 Å². The maximum absolute atomic E-state index is 5.58. The van der Waals surface area contributed by atoms with E-state index in [1.54, 1.807) is 14.2 Å². The summed E-state index contributed by atoms with van der Waals surface area (Å²) in [6.07, 6.45) is 2.15. The predicted octanol–water partition coefficient (Wildman–Crippen LogP) is 8.49. The largest absolute Gasteiger partial charge is 0.497 e. The lowest BCUT2D eigenvalue weighted by atomic mass is 9.63. The Hall–Kier alpha value is -4.56. The zero-order valence-electron chi connectivity index (χ0n) is 22.3. The second-order valence-corrected chi connectivity index (χ2v) is 10.3. The zero-order valence-corrected chi connectivity index (χ0v) is 22.3. The van der Waals surface area contributed by atoms with Gasteiger partial charge >= 0.3 is 0 Å². The molecule has 6 aromatic rings. The molecule has 0 fully saturated rings. The fourth-order valence-corrected chi connectivity index (χ4v) is 6.85. The molecule has 0 N–H and O–H groups in total. The second-order valence-electron chi connectivity index (χ2n) is 10.3. The van der Waals surface area contributed by atoms with Gasteiger partial charge in [0.25, 0.3) is 0 Å². The highest BCUT2D eigenvalue weighted by atomic mass is 16.5. The first-order valence-corrected chi connectivity index (χ1v) is 13.6. The summed E-state index contributed by atoms with van der Waals surface area (Å²) < 4.78 is 11.2. The van der Waals surface area contributed by atoms with Crippen LogP contribution in [0.2, 0.25) is 0 Å². The van der Waals surface area contributed by atoms with Crippen LogP contribution >= 0.6 is 0 Å². The van der Waals surface area contributed by atoms with E-state index in [1.807, 2.05) is 0 Å². The first-order valence-electron chi connectivity index (χ1n) is 13.6. The fourth-order valence-electron chi connectivity index (χ4n) is 6.85. The van der Waals surface area contributed by atoms with Crippen molar-refractivity contribution in [2.24, 2.45) is 0 Å². The lowest BCUT2D eigenvalue weighted by Crippen LogP contribution is -2.32. The molecule has 2 aliphatic carbocycles. The Bertz CT molecular complexity index is 1750. The summed E-state index contributed by atoms with van der Waals surface area (Å²) in [6.45, 7) is 0. The molecule has 2 heteroatoms. The normalized spacial score (nSPS) is 12.7. The van der Waals surface area contributed by atoms with Gasteiger partial charge in [0, 0.05) is 0 Å². The third kappa shape index (κ3) is 3.48. The molecule has 0 saturated heterocycles. The SMILES string of the molecule is COc1ccc(C(c2ccccc2)(c2ccc(OC)cc2)c2cccc3c4c5ccccc5c(c23)CC4)cc1. The van der Waals surface area contributed by atoms with Crippen LogP contribution in [0.25, 0.3) is 21.5 Å². The van der Waals surface area contributed by atoms with Gasteiger partial charge in [0.1, 0.15) is 11.5 Å². The molecule has 2 nitrogen and oxygen atoms in total. The molecule has 2 bridgehead atoms. The van der Waals surface area contributed by atoms with Gasteiger partial charge in [0.05, 0.1) is 19.6 Å². The van der Waals surface area contributed by atoms with Crippen LogP contribution in [0.3, 0.4) is 0 Å². The number of hydrogen-bond donors (Lipinski definition) is 0. The van der Waals surface area contributed by atoms with Gasteiger partial charge in [-0.05, 0) is 92.0 Å². The molecule has 0 amide bonds. The highest BCUT2D eigenvalue weighted by molar-refractivity contribution is 6.09. The van der Waals surface area contributed by atoms with Crippen LogP contribution in [-0.2, 0) is 18.3 Å². The molecule has 2 aliphatic rings. The molecule has 0 spiro atoms. The Morgan fingerprint density at radius 1 is 0.462 bits per heavy atom. The average molecular weight is 507 g/mol. The standard InChI is InChI=1S/C37H30O2/c1-38-28-19-15-26(16-20-28)37(25-9-4-3-5-10-25,27-17-21-29(39-2)22-18-27)35-14-8-13-33-32-23-24-34(36(33)35)31-12-7-6-11-30(31)32/h3-22H,23-24H2,1-2H3. The van der Waals surface area contributed by atoms with Crippen molar-refractivity contribution in [3.63, 3.8) is 0 Å². The van der Waals surface area contributed by atoms with Crippen molar-refractivity contribution >= 4 is 21.5 Å². The monoisotopic (exact) mass is 506 g/mol. The van der Waals surface area contributed by atoms with E-state index in [1.165, 1.54) is 54.9 Å². The predicted molar refractivity (Wildman–Crippen MR) is 160 cm³/mol.